The Morgan fingerprint density at radius 3 is 2.90 bits per heavy atom. The van der Waals surface area contributed by atoms with Crippen molar-refractivity contribution < 1.29 is 4.74 Å². The molecule has 0 aliphatic carbocycles. The molecule has 0 fully saturated rings. The zero-order valence-corrected chi connectivity index (χ0v) is 13.5. The molecule has 2 N–H and O–H groups in total. The SMILES string of the molecule is CC(N)Cc1c(Cl)cccc1OCc1cncc(Br)c1. The van der Waals surface area contributed by atoms with Crippen LogP contribution in [0.4, 0.5) is 0 Å². The van der Waals surface area contributed by atoms with Crippen LogP contribution >= 0.6 is 27.5 Å². The number of nitrogens with zero attached hydrogens (tertiary/aromatic N) is 1. The van der Waals surface area contributed by atoms with Gasteiger partial charge in [-0.2, -0.15) is 0 Å². The lowest BCUT2D eigenvalue weighted by atomic mass is 10.1. The van der Waals surface area contributed by atoms with Crippen LogP contribution in [-0.4, -0.2) is 11.0 Å². The van der Waals surface area contributed by atoms with E-state index in [0.29, 0.717) is 18.1 Å². The van der Waals surface area contributed by atoms with Crippen LogP contribution in [0.15, 0.2) is 41.1 Å². The number of halogens is 2. The molecule has 5 heteroatoms. The molecule has 1 unspecified atom stereocenters. The molecule has 2 aromatic rings. The maximum Gasteiger partial charge on any atom is 0.124 e. The van der Waals surface area contributed by atoms with E-state index < -0.39 is 0 Å². The summed E-state index contributed by atoms with van der Waals surface area (Å²) in [4.78, 5) is 4.11. The van der Waals surface area contributed by atoms with E-state index in [9.17, 15) is 0 Å². The fraction of sp³-hybridized carbons (Fsp3) is 0.267. The topological polar surface area (TPSA) is 48.1 Å². The molecule has 3 nitrogen and oxygen atoms in total. The summed E-state index contributed by atoms with van der Waals surface area (Å²) in [5.74, 6) is 0.773. The minimum atomic E-state index is 0.0322. The first-order chi connectivity index (χ1) is 9.56. The van der Waals surface area contributed by atoms with E-state index in [0.717, 1.165) is 21.3 Å². The van der Waals surface area contributed by atoms with Crippen molar-refractivity contribution in [1.29, 1.82) is 0 Å². The number of rotatable bonds is 5. The van der Waals surface area contributed by atoms with Crippen LogP contribution in [0.1, 0.15) is 18.1 Å². The summed E-state index contributed by atoms with van der Waals surface area (Å²) in [7, 11) is 0. The Labute approximate surface area is 132 Å². The summed E-state index contributed by atoms with van der Waals surface area (Å²) < 4.78 is 6.79. The molecular formula is C15H16BrClN2O. The highest BCUT2D eigenvalue weighted by Crippen LogP contribution is 2.28. The van der Waals surface area contributed by atoms with E-state index in [4.69, 9.17) is 22.1 Å². The lowest BCUT2D eigenvalue weighted by Crippen LogP contribution is -2.18. The van der Waals surface area contributed by atoms with Crippen molar-refractivity contribution in [2.75, 3.05) is 0 Å². The fourth-order valence-corrected chi connectivity index (χ4v) is 2.55. The number of ether oxygens (including phenoxy) is 1. The molecule has 0 aliphatic heterocycles. The predicted molar refractivity (Wildman–Crippen MR) is 85.1 cm³/mol. The van der Waals surface area contributed by atoms with Gasteiger partial charge in [0.2, 0.25) is 0 Å². The highest BCUT2D eigenvalue weighted by molar-refractivity contribution is 9.10. The number of benzene rings is 1. The van der Waals surface area contributed by atoms with Crippen LogP contribution in [0.25, 0.3) is 0 Å². The molecule has 106 valence electrons. The van der Waals surface area contributed by atoms with E-state index in [-0.39, 0.29) is 6.04 Å². The minimum absolute atomic E-state index is 0.0322. The Bertz CT molecular complexity index is 590. The zero-order chi connectivity index (χ0) is 14.5. The maximum atomic E-state index is 6.23. The van der Waals surface area contributed by atoms with Gasteiger partial charge in [-0.05, 0) is 47.5 Å². The third-order valence-corrected chi connectivity index (χ3v) is 3.55. The van der Waals surface area contributed by atoms with Crippen molar-refractivity contribution in [2.45, 2.75) is 26.0 Å². The number of pyridine rings is 1. The van der Waals surface area contributed by atoms with Gasteiger partial charge in [0, 0.05) is 39.1 Å². The quantitative estimate of drug-likeness (QED) is 0.883. The van der Waals surface area contributed by atoms with Crippen molar-refractivity contribution >= 4 is 27.5 Å². The molecule has 0 radical (unpaired) electrons. The zero-order valence-electron chi connectivity index (χ0n) is 11.1. The molecule has 0 saturated heterocycles. The Hall–Kier alpha value is -1.10. The average Bonchev–Trinajstić information content (AvgIpc) is 2.39. The van der Waals surface area contributed by atoms with Crippen LogP contribution in [0.5, 0.6) is 5.75 Å². The second-order valence-corrected chi connectivity index (χ2v) is 6.02. The second kappa shape index (κ2) is 7.07. The molecule has 0 saturated carbocycles. The van der Waals surface area contributed by atoms with Gasteiger partial charge in [0.25, 0.3) is 0 Å². The Kier molecular flexibility index (Phi) is 5.40. The van der Waals surface area contributed by atoms with E-state index >= 15 is 0 Å². The fourth-order valence-electron chi connectivity index (χ4n) is 1.89. The summed E-state index contributed by atoms with van der Waals surface area (Å²) in [6.45, 7) is 2.39. The van der Waals surface area contributed by atoms with Gasteiger partial charge < -0.3 is 10.5 Å². The normalized spacial score (nSPS) is 12.2. The van der Waals surface area contributed by atoms with Crippen LogP contribution in [0, 0.1) is 0 Å². The number of nitrogens with two attached hydrogens (primary N) is 1. The van der Waals surface area contributed by atoms with Crippen LogP contribution < -0.4 is 10.5 Å². The van der Waals surface area contributed by atoms with Crippen molar-refractivity contribution in [3.8, 4) is 5.75 Å². The summed E-state index contributed by atoms with van der Waals surface area (Å²) in [5, 5.41) is 0.687. The molecule has 1 atom stereocenters. The first-order valence-electron chi connectivity index (χ1n) is 6.31. The molecule has 0 spiro atoms. The molecule has 0 aliphatic rings. The first-order valence-corrected chi connectivity index (χ1v) is 7.48. The summed E-state index contributed by atoms with van der Waals surface area (Å²) in [5.41, 5.74) is 7.80. The monoisotopic (exact) mass is 354 g/mol. The van der Waals surface area contributed by atoms with Gasteiger partial charge in [-0.25, -0.2) is 0 Å². The molecule has 0 bridgehead atoms. The molecule has 1 aromatic carbocycles. The average molecular weight is 356 g/mol. The Morgan fingerprint density at radius 2 is 2.20 bits per heavy atom. The van der Waals surface area contributed by atoms with Crippen LogP contribution in [-0.2, 0) is 13.0 Å². The Morgan fingerprint density at radius 1 is 1.40 bits per heavy atom. The standard InChI is InChI=1S/C15H16BrClN2O/c1-10(18)5-13-14(17)3-2-4-15(13)20-9-11-6-12(16)8-19-7-11/h2-4,6-8,10H,5,9,18H2,1H3. The van der Waals surface area contributed by atoms with Crippen molar-refractivity contribution in [2.24, 2.45) is 5.73 Å². The highest BCUT2D eigenvalue weighted by Gasteiger charge is 2.10. The van der Waals surface area contributed by atoms with Crippen molar-refractivity contribution in [1.82, 2.24) is 4.98 Å². The van der Waals surface area contributed by atoms with Gasteiger partial charge in [0.05, 0.1) is 0 Å². The van der Waals surface area contributed by atoms with Gasteiger partial charge in [0.1, 0.15) is 12.4 Å². The van der Waals surface area contributed by atoms with E-state index in [1.165, 1.54) is 0 Å². The number of hydrogen-bond acceptors (Lipinski definition) is 3. The van der Waals surface area contributed by atoms with Gasteiger partial charge >= 0.3 is 0 Å². The van der Waals surface area contributed by atoms with E-state index in [1.807, 2.05) is 31.2 Å². The molecule has 0 amide bonds. The molecule has 20 heavy (non-hydrogen) atoms. The summed E-state index contributed by atoms with van der Waals surface area (Å²) in [6, 6.07) is 7.65. The molecule has 1 heterocycles. The van der Waals surface area contributed by atoms with Gasteiger partial charge in [-0.1, -0.05) is 17.7 Å². The molecule has 1 aromatic heterocycles. The van der Waals surface area contributed by atoms with Gasteiger partial charge in [-0.15, -0.1) is 0 Å². The second-order valence-electron chi connectivity index (χ2n) is 4.70. The summed E-state index contributed by atoms with van der Waals surface area (Å²) >= 11 is 9.62. The van der Waals surface area contributed by atoms with Crippen molar-refractivity contribution in [3.05, 3.63) is 57.3 Å². The third-order valence-electron chi connectivity index (χ3n) is 2.76. The lowest BCUT2D eigenvalue weighted by molar-refractivity contribution is 0.302. The maximum absolute atomic E-state index is 6.23. The van der Waals surface area contributed by atoms with Crippen molar-refractivity contribution in [3.63, 3.8) is 0 Å². The Balaban J connectivity index is 2.15. The summed E-state index contributed by atoms with van der Waals surface area (Å²) in [6.07, 6.45) is 4.21. The smallest absolute Gasteiger partial charge is 0.124 e. The molecular weight excluding hydrogens is 340 g/mol. The van der Waals surface area contributed by atoms with Crippen LogP contribution in [0.3, 0.4) is 0 Å². The largest absolute Gasteiger partial charge is 0.489 e. The lowest BCUT2D eigenvalue weighted by Gasteiger charge is -2.14. The number of aromatic nitrogens is 1. The minimum Gasteiger partial charge on any atom is -0.489 e. The van der Waals surface area contributed by atoms with E-state index in [2.05, 4.69) is 20.9 Å². The van der Waals surface area contributed by atoms with E-state index in [1.54, 1.807) is 12.4 Å². The number of hydrogen-bond donors (Lipinski definition) is 1. The third kappa shape index (κ3) is 4.20. The molecule has 2 rings (SSSR count). The first kappa shape index (κ1) is 15.3. The highest BCUT2D eigenvalue weighted by atomic mass is 79.9. The predicted octanol–water partition coefficient (Wildman–Crippen LogP) is 3.97. The van der Waals surface area contributed by atoms with Crippen LogP contribution in [0.2, 0.25) is 5.02 Å². The van der Waals surface area contributed by atoms with Gasteiger partial charge in [-0.3, -0.25) is 4.98 Å². The van der Waals surface area contributed by atoms with Gasteiger partial charge in [0.15, 0.2) is 0 Å².